The Balaban J connectivity index is 0.00000208. The van der Waals surface area contributed by atoms with Crippen LogP contribution >= 0.6 is 12.4 Å². The first-order valence-electron chi connectivity index (χ1n) is 8.29. The molecular weight excluding hydrogens is 324 g/mol. The molecule has 3 rings (SSSR count). The summed E-state index contributed by atoms with van der Waals surface area (Å²) in [6.45, 7) is 1.92. The maximum absolute atomic E-state index is 12.3. The van der Waals surface area contributed by atoms with Gasteiger partial charge in [0.15, 0.2) is 0 Å². The molecule has 5 nitrogen and oxygen atoms in total. The fourth-order valence-electron chi connectivity index (χ4n) is 3.40. The number of hydrogen-bond donors (Lipinski definition) is 2. The molecule has 0 unspecified atom stereocenters. The second-order valence-electron chi connectivity index (χ2n) is 6.27. The van der Waals surface area contributed by atoms with Crippen LogP contribution in [0.5, 0.6) is 0 Å². The van der Waals surface area contributed by atoms with Crippen LogP contribution in [0.15, 0.2) is 42.7 Å². The predicted molar refractivity (Wildman–Crippen MR) is 96.8 cm³/mol. The van der Waals surface area contributed by atoms with E-state index in [0.717, 1.165) is 31.4 Å². The summed E-state index contributed by atoms with van der Waals surface area (Å²) < 4.78 is 1.89. The van der Waals surface area contributed by atoms with Crippen molar-refractivity contribution in [2.45, 2.75) is 32.4 Å². The van der Waals surface area contributed by atoms with Gasteiger partial charge in [-0.1, -0.05) is 30.7 Å². The number of halogens is 1. The highest BCUT2D eigenvalue weighted by Crippen LogP contribution is 2.30. The number of nitrogens with two attached hydrogens (primary N) is 1. The van der Waals surface area contributed by atoms with E-state index in [1.54, 1.807) is 6.20 Å². The van der Waals surface area contributed by atoms with Crippen LogP contribution in [0.4, 0.5) is 0 Å². The van der Waals surface area contributed by atoms with Crippen LogP contribution < -0.4 is 11.1 Å². The van der Waals surface area contributed by atoms with Crippen molar-refractivity contribution in [1.82, 2.24) is 15.1 Å². The highest BCUT2D eigenvalue weighted by molar-refractivity contribution is 5.85. The molecule has 3 N–H and O–H groups in total. The van der Waals surface area contributed by atoms with Gasteiger partial charge in [-0.05, 0) is 42.5 Å². The van der Waals surface area contributed by atoms with E-state index in [0.29, 0.717) is 19.0 Å². The van der Waals surface area contributed by atoms with E-state index in [2.05, 4.69) is 22.5 Å². The lowest BCUT2D eigenvalue weighted by Gasteiger charge is -2.17. The van der Waals surface area contributed by atoms with Gasteiger partial charge in [0.2, 0.25) is 5.91 Å². The zero-order chi connectivity index (χ0) is 16.1. The van der Waals surface area contributed by atoms with Gasteiger partial charge in [-0.15, -0.1) is 12.4 Å². The Labute approximate surface area is 149 Å². The first kappa shape index (κ1) is 18.5. The van der Waals surface area contributed by atoms with Crippen molar-refractivity contribution < 1.29 is 4.79 Å². The Kier molecular flexibility index (Phi) is 6.82. The maximum Gasteiger partial charge on any atom is 0.223 e. The van der Waals surface area contributed by atoms with Crippen LogP contribution in [0.25, 0.3) is 0 Å². The Bertz CT molecular complexity index is 644. The van der Waals surface area contributed by atoms with Crippen molar-refractivity contribution in [2.75, 3.05) is 6.54 Å². The predicted octanol–water partition coefficient (Wildman–Crippen LogP) is 2.34. The topological polar surface area (TPSA) is 72.9 Å². The van der Waals surface area contributed by atoms with Gasteiger partial charge < -0.3 is 11.1 Å². The molecule has 1 amide bonds. The molecule has 0 saturated heterocycles. The molecule has 1 saturated carbocycles. The largest absolute Gasteiger partial charge is 0.352 e. The maximum atomic E-state index is 12.3. The summed E-state index contributed by atoms with van der Waals surface area (Å²) in [6.07, 6.45) is 6.88. The molecule has 1 aromatic carbocycles. The number of nitrogens with zero attached hydrogens (tertiary/aromatic N) is 2. The number of aromatic nitrogens is 2. The summed E-state index contributed by atoms with van der Waals surface area (Å²) in [4.78, 5) is 12.3. The van der Waals surface area contributed by atoms with E-state index in [1.165, 1.54) is 5.56 Å². The monoisotopic (exact) mass is 348 g/mol. The highest BCUT2D eigenvalue weighted by atomic mass is 35.5. The van der Waals surface area contributed by atoms with E-state index in [9.17, 15) is 4.79 Å². The third-order valence-corrected chi connectivity index (χ3v) is 4.66. The van der Waals surface area contributed by atoms with Crippen molar-refractivity contribution in [3.05, 3.63) is 53.9 Å². The Morgan fingerprint density at radius 2 is 2.12 bits per heavy atom. The van der Waals surface area contributed by atoms with Crippen LogP contribution in [-0.4, -0.2) is 22.2 Å². The summed E-state index contributed by atoms with van der Waals surface area (Å²) in [6, 6.07) is 10.2. The number of amides is 1. The Morgan fingerprint density at radius 1 is 1.29 bits per heavy atom. The number of nitrogens with one attached hydrogen (secondary N) is 1. The normalized spacial score (nSPS) is 19.7. The van der Waals surface area contributed by atoms with Crippen molar-refractivity contribution in [3.8, 4) is 0 Å². The molecule has 0 bridgehead atoms. The first-order valence-corrected chi connectivity index (χ1v) is 8.29. The third kappa shape index (κ3) is 4.58. The van der Waals surface area contributed by atoms with Gasteiger partial charge in [0, 0.05) is 24.9 Å². The first-order chi connectivity index (χ1) is 11.3. The second-order valence-corrected chi connectivity index (χ2v) is 6.27. The van der Waals surface area contributed by atoms with E-state index < -0.39 is 0 Å². The van der Waals surface area contributed by atoms with Crippen molar-refractivity contribution in [2.24, 2.45) is 17.6 Å². The summed E-state index contributed by atoms with van der Waals surface area (Å²) in [5.74, 6) is 0.587. The third-order valence-electron chi connectivity index (χ3n) is 4.66. The molecule has 0 spiro atoms. The van der Waals surface area contributed by atoms with Crippen molar-refractivity contribution in [3.63, 3.8) is 0 Å². The molecule has 6 heteroatoms. The molecule has 1 aliphatic rings. The SMILES string of the molecule is Cl.NC[C@H]1CCC[C@H]1C(=O)NCc1cccc(Cn2cccn2)c1. The van der Waals surface area contributed by atoms with E-state index in [-0.39, 0.29) is 24.2 Å². The van der Waals surface area contributed by atoms with Crippen LogP contribution in [0.1, 0.15) is 30.4 Å². The van der Waals surface area contributed by atoms with Crippen LogP contribution in [0.3, 0.4) is 0 Å². The summed E-state index contributed by atoms with van der Waals surface area (Å²) in [7, 11) is 0. The van der Waals surface area contributed by atoms with E-state index in [1.807, 2.05) is 29.1 Å². The standard InChI is InChI=1S/C18H24N4O.ClH/c19-11-16-6-2-7-17(16)18(23)20-12-14-4-1-5-15(10-14)13-22-9-3-8-21-22;/h1,3-5,8-10,16-17H,2,6-7,11-13,19H2,(H,20,23);1H/t16-,17-;/m1./s1. The van der Waals surface area contributed by atoms with Crippen molar-refractivity contribution in [1.29, 1.82) is 0 Å². The lowest BCUT2D eigenvalue weighted by molar-refractivity contribution is -0.126. The molecule has 2 atom stereocenters. The molecule has 0 radical (unpaired) electrons. The average Bonchev–Trinajstić information content (AvgIpc) is 3.24. The number of carbonyl (C=O) groups excluding carboxylic acids is 1. The van der Waals surface area contributed by atoms with E-state index >= 15 is 0 Å². The number of carbonyl (C=O) groups is 1. The van der Waals surface area contributed by atoms with Gasteiger partial charge in [0.25, 0.3) is 0 Å². The van der Waals surface area contributed by atoms with Gasteiger partial charge >= 0.3 is 0 Å². The van der Waals surface area contributed by atoms with Crippen LogP contribution in [0, 0.1) is 11.8 Å². The molecule has 0 aliphatic heterocycles. The molecule has 1 aromatic heterocycles. The zero-order valence-electron chi connectivity index (χ0n) is 13.7. The molecule has 2 aromatic rings. The molecule has 130 valence electrons. The smallest absolute Gasteiger partial charge is 0.223 e. The lowest BCUT2D eigenvalue weighted by atomic mass is 9.95. The molecular formula is C18H25ClN4O. The van der Waals surface area contributed by atoms with Gasteiger partial charge in [0.1, 0.15) is 0 Å². The lowest BCUT2D eigenvalue weighted by Crippen LogP contribution is -2.34. The van der Waals surface area contributed by atoms with Gasteiger partial charge in [0.05, 0.1) is 6.54 Å². The Hall–Kier alpha value is -1.85. The van der Waals surface area contributed by atoms with E-state index in [4.69, 9.17) is 5.73 Å². The number of rotatable bonds is 6. The van der Waals surface area contributed by atoms with Gasteiger partial charge in [-0.25, -0.2) is 0 Å². The fraction of sp³-hybridized carbons (Fsp3) is 0.444. The molecule has 1 heterocycles. The summed E-state index contributed by atoms with van der Waals surface area (Å²) in [5.41, 5.74) is 8.06. The van der Waals surface area contributed by atoms with Crippen LogP contribution in [0.2, 0.25) is 0 Å². The summed E-state index contributed by atoms with van der Waals surface area (Å²) >= 11 is 0. The van der Waals surface area contributed by atoms with Crippen LogP contribution in [-0.2, 0) is 17.9 Å². The minimum atomic E-state index is 0. The average molecular weight is 349 g/mol. The molecule has 24 heavy (non-hydrogen) atoms. The van der Waals surface area contributed by atoms with Crippen molar-refractivity contribution >= 4 is 18.3 Å². The van der Waals surface area contributed by atoms with Gasteiger partial charge in [-0.2, -0.15) is 5.10 Å². The zero-order valence-corrected chi connectivity index (χ0v) is 14.5. The summed E-state index contributed by atoms with van der Waals surface area (Å²) in [5, 5.41) is 7.29. The second kappa shape index (κ2) is 8.85. The quantitative estimate of drug-likeness (QED) is 0.841. The number of hydrogen-bond acceptors (Lipinski definition) is 3. The fourth-order valence-corrected chi connectivity index (χ4v) is 3.40. The minimum Gasteiger partial charge on any atom is -0.352 e. The number of benzene rings is 1. The molecule has 1 fully saturated rings. The minimum absolute atomic E-state index is 0. The highest BCUT2D eigenvalue weighted by Gasteiger charge is 2.31. The molecule has 1 aliphatic carbocycles. The Morgan fingerprint density at radius 3 is 2.88 bits per heavy atom. The van der Waals surface area contributed by atoms with Gasteiger partial charge in [-0.3, -0.25) is 9.48 Å².